The first-order valence-corrected chi connectivity index (χ1v) is 7.47. The summed E-state index contributed by atoms with van der Waals surface area (Å²) in [6, 6.07) is 21.4. The predicted octanol–water partition coefficient (Wildman–Crippen LogP) is 4.60. The van der Waals surface area contributed by atoms with Crippen LogP contribution in [-0.4, -0.2) is 22.6 Å². The Kier molecular flexibility index (Phi) is 6.52. The zero-order valence-corrected chi connectivity index (χ0v) is 14.4. The summed E-state index contributed by atoms with van der Waals surface area (Å²) in [5, 5.41) is 19.6. The summed E-state index contributed by atoms with van der Waals surface area (Å²) < 4.78 is 0. The summed E-state index contributed by atoms with van der Waals surface area (Å²) in [6.45, 7) is 0. The first-order valence-electron chi connectivity index (χ1n) is 7.47. The Morgan fingerprint density at radius 2 is 0.920 bits per heavy atom. The molecule has 0 bridgehead atoms. The normalized spacial score (nSPS) is 10.9. The molecule has 0 amide bonds. The Hall–Kier alpha value is -2.88. The zero-order chi connectivity index (χ0) is 16.8. The number of benzene rings is 3. The van der Waals surface area contributed by atoms with Gasteiger partial charge in [0.05, 0.1) is 11.4 Å². The summed E-state index contributed by atoms with van der Waals surface area (Å²) in [6.07, 6.45) is 3.20. The Balaban J connectivity index is 0.00000225. The van der Waals surface area contributed by atoms with Crippen molar-refractivity contribution in [3.63, 3.8) is 0 Å². The van der Waals surface area contributed by atoms with Crippen molar-refractivity contribution >= 4 is 23.8 Å². The number of aromatic hydroxyl groups is 2. The molecule has 0 aliphatic carbocycles. The van der Waals surface area contributed by atoms with Crippen molar-refractivity contribution < 1.29 is 27.3 Å². The van der Waals surface area contributed by atoms with Crippen LogP contribution in [0, 0.1) is 0 Å². The van der Waals surface area contributed by atoms with Gasteiger partial charge in [-0.1, -0.05) is 36.4 Å². The van der Waals surface area contributed by atoms with Gasteiger partial charge in [-0.2, -0.15) is 0 Å². The van der Waals surface area contributed by atoms with Crippen LogP contribution in [0.3, 0.4) is 0 Å². The topological polar surface area (TPSA) is 65.2 Å². The quantitative estimate of drug-likeness (QED) is 0.520. The van der Waals surface area contributed by atoms with E-state index in [2.05, 4.69) is 9.98 Å². The maximum atomic E-state index is 9.79. The van der Waals surface area contributed by atoms with Crippen LogP contribution in [0.2, 0.25) is 0 Å². The van der Waals surface area contributed by atoms with E-state index in [0.717, 1.165) is 0 Å². The van der Waals surface area contributed by atoms with E-state index in [9.17, 15) is 10.2 Å². The van der Waals surface area contributed by atoms with Gasteiger partial charge in [0.1, 0.15) is 11.5 Å². The Morgan fingerprint density at radius 1 is 0.560 bits per heavy atom. The van der Waals surface area contributed by atoms with E-state index < -0.39 is 0 Å². The van der Waals surface area contributed by atoms with Gasteiger partial charge in [0.2, 0.25) is 0 Å². The van der Waals surface area contributed by atoms with Gasteiger partial charge in [-0.15, -0.1) is 0 Å². The Morgan fingerprint density at radius 3 is 1.32 bits per heavy atom. The van der Waals surface area contributed by atoms with Crippen LogP contribution in [0.5, 0.6) is 11.5 Å². The number of hydrogen-bond acceptors (Lipinski definition) is 4. The van der Waals surface area contributed by atoms with Gasteiger partial charge >= 0.3 is 0 Å². The third-order valence-corrected chi connectivity index (χ3v) is 3.44. The molecule has 125 valence electrons. The molecule has 0 aromatic heterocycles. The minimum absolute atomic E-state index is 0. The second-order valence-electron chi connectivity index (χ2n) is 5.12. The number of phenols is 2. The Bertz CT molecular complexity index is 833. The average molecular weight is 371 g/mol. The van der Waals surface area contributed by atoms with E-state index in [1.54, 1.807) is 48.8 Å². The van der Waals surface area contributed by atoms with Gasteiger partial charge < -0.3 is 10.2 Å². The van der Waals surface area contributed by atoms with Crippen molar-refractivity contribution in [3.8, 4) is 11.5 Å². The largest absolute Gasteiger partial charge is 0.507 e. The maximum Gasteiger partial charge on any atom is 0.124 e. The number of rotatable bonds is 4. The first-order chi connectivity index (χ1) is 11.7. The molecule has 0 saturated carbocycles. The minimum Gasteiger partial charge on any atom is -0.507 e. The summed E-state index contributed by atoms with van der Waals surface area (Å²) in [7, 11) is 0. The number of phenolic OH excluding ortho intramolecular Hbond substituents is 2. The van der Waals surface area contributed by atoms with E-state index in [1.165, 1.54) is 0 Å². The molecule has 0 saturated heterocycles. The van der Waals surface area contributed by atoms with Gasteiger partial charge in [-0.3, -0.25) is 9.98 Å². The molecule has 5 heteroatoms. The van der Waals surface area contributed by atoms with Crippen molar-refractivity contribution in [2.45, 2.75) is 0 Å². The van der Waals surface area contributed by atoms with E-state index in [1.807, 2.05) is 36.4 Å². The molecule has 4 nitrogen and oxygen atoms in total. The van der Waals surface area contributed by atoms with Gasteiger partial charge in [0.15, 0.2) is 0 Å². The third-order valence-electron chi connectivity index (χ3n) is 3.44. The molecule has 3 aromatic rings. The number of para-hydroxylation sites is 4. The summed E-state index contributed by atoms with van der Waals surface area (Å²) >= 11 is 0. The van der Waals surface area contributed by atoms with Crippen molar-refractivity contribution in [1.29, 1.82) is 0 Å². The number of aliphatic imine (C=N–C) groups is 2. The van der Waals surface area contributed by atoms with Gasteiger partial charge in [0.25, 0.3) is 0 Å². The van der Waals surface area contributed by atoms with Crippen LogP contribution in [-0.2, 0) is 17.1 Å². The molecule has 1 radical (unpaired) electrons. The fourth-order valence-electron chi connectivity index (χ4n) is 2.15. The third kappa shape index (κ3) is 4.80. The molecule has 0 aliphatic rings. The summed E-state index contributed by atoms with van der Waals surface area (Å²) in [4.78, 5) is 8.82. The van der Waals surface area contributed by atoms with Gasteiger partial charge in [-0.05, 0) is 36.4 Å². The van der Waals surface area contributed by atoms with Crippen LogP contribution < -0.4 is 0 Å². The predicted molar refractivity (Wildman–Crippen MR) is 97.2 cm³/mol. The molecule has 3 rings (SSSR count). The van der Waals surface area contributed by atoms with Crippen LogP contribution >= 0.6 is 0 Å². The van der Waals surface area contributed by atoms with E-state index >= 15 is 0 Å². The molecule has 0 unspecified atom stereocenters. The van der Waals surface area contributed by atoms with Crippen molar-refractivity contribution in [1.82, 2.24) is 0 Å². The van der Waals surface area contributed by atoms with Crippen LogP contribution in [0.15, 0.2) is 82.8 Å². The summed E-state index contributed by atoms with van der Waals surface area (Å²) in [5.41, 5.74) is 2.62. The molecule has 0 aliphatic heterocycles. The molecule has 0 atom stereocenters. The molecule has 0 spiro atoms. The second kappa shape index (κ2) is 8.83. The molecular weight excluding hydrogens is 355 g/mol. The van der Waals surface area contributed by atoms with Crippen molar-refractivity contribution in [2.75, 3.05) is 0 Å². The fraction of sp³-hybridized carbons (Fsp3) is 0. The smallest absolute Gasteiger partial charge is 0.124 e. The first kappa shape index (κ1) is 18.5. The maximum absolute atomic E-state index is 9.79. The second-order valence-corrected chi connectivity index (χ2v) is 5.12. The molecule has 3 aromatic carbocycles. The van der Waals surface area contributed by atoms with E-state index in [-0.39, 0.29) is 28.6 Å². The molecule has 0 heterocycles. The van der Waals surface area contributed by atoms with Crippen molar-refractivity contribution in [3.05, 3.63) is 83.9 Å². The van der Waals surface area contributed by atoms with E-state index in [4.69, 9.17) is 0 Å². The SMILES string of the molecule is Oc1ccccc1C=Nc1ccccc1N=Cc1ccccc1O.[Mn]. The number of hydrogen-bond donors (Lipinski definition) is 2. The standard InChI is InChI=1S/C20H16N2O2.Mn/c23-19-11-5-1-7-15(19)13-21-17-9-3-4-10-18(17)22-14-16-8-2-6-12-20(16)24;/h1-14,23-24H;. The number of nitrogens with zero attached hydrogens (tertiary/aromatic N) is 2. The van der Waals surface area contributed by atoms with Crippen LogP contribution in [0.1, 0.15) is 11.1 Å². The van der Waals surface area contributed by atoms with Gasteiger partial charge in [0, 0.05) is 40.6 Å². The Labute approximate surface area is 156 Å². The van der Waals surface area contributed by atoms with Crippen LogP contribution in [0.4, 0.5) is 11.4 Å². The fourth-order valence-corrected chi connectivity index (χ4v) is 2.15. The molecule has 0 fully saturated rings. The molecular formula is C20H16MnN2O2. The molecule has 2 N–H and O–H groups in total. The minimum atomic E-state index is 0. The van der Waals surface area contributed by atoms with E-state index in [0.29, 0.717) is 22.5 Å². The van der Waals surface area contributed by atoms with Crippen LogP contribution in [0.25, 0.3) is 0 Å². The summed E-state index contributed by atoms with van der Waals surface area (Å²) in [5.74, 6) is 0.355. The zero-order valence-electron chi connectivity index (χ0n) is 13.2. The van der Waals surface area contributed by atoms with Gasteiger partial charge in [-0.25, -0.2) is 0 Å². The average Bonchev–Trinajstić information content (AvgIpc) is 2.61. The monoisotopic (exact) mass is 371 g/mol. The van der Waals surface area contributed by atoms with Crippen molar-refractivity contribution in [2.24, 2.45) is 9.98 Å². The molecule has 25 heavy (non-hydrogen) atoms.